The SMILES string of the molecule is c1ccc(-n2c3ccccc3c3c4c(c5c6ccccc6sc5c32)-c2ccccc2B2c3ccccc3-c3ccccc3N24)cc1. The van der Waals surface area contributed by atoms with Gasteiger partial charge in [0.1, 0.15) is 0 Å². The van der Waals surface area contributed by atoms with Crippen molar-refractivity contribution in [2.75, 3.05) is 4.81 Å². The predicted octanol–water partition coefficient (Wildman–Crippen LogP) is 10.1. The lowest BCUT2D eigenvalue weighted by atomic mass is 9.43. The Hall–Kier alpha value is -5.58. The molecule has 7 aromatic carbocycles. The molecule has 2 aliphatic rings. The van der Waals surface area contributed by atoms with Gasteiger partial charge in [-0.2, -0.15) is 0 Å². The number of hydrogen-bond donors (Lipinski definition) is 0. The Morgan fingerprint density at radius 1 is 0.500 bits per heavy atom. The Labute approximate surface area is 270 Å². The van der Waals surface area contributed by atoms with E-state index in [2.05, 4.69) is 161 Å². The van der Waals surface area contributed by atoms with Gasteiger partial charge in [-0.05, 0) is 52.4 Å². The molecule has 0 fully saturated rings. The summed E-state index contributed by atoms with van der Waals surface area (Å²) in [4.78, 5) is 2.69. The molecule has 0 bridgehead atoms. The van der Waals surface area contributed by atoms with Crippen LogP contribution in [-0.2, 0) is 0 Å². The summed E-state index contributed by atoms with van der Waals surface area (Å²) < 4.78 is 5.18. The van der Waals surface area contributed by atoms with Crippen molar-refractivity contribution in [3.8, 4) is 27.9 Å². The Morgan fingerprint density at radius 2 is 1.13 bits per heavy atom. The number of para-hydroxylation sites is 3. The molecule has 11 rings (SSSR count). The van der Waals surface area contributed by atoms with Crippen LogP contribution < -0.4 is 15.7 Å². The summed E-state index contributed by atoms with van der Waals surface area (Å²) in [5.41, 5.74) is 14.3. The molecule has 4 heteroatoms. The Kier molecular flexibility index (Phi) is 4.83. The van der Waals surface area contributed by atoms with Gasteiger partial charge in [-0.1, -0.05) is 121 Å². The molecule has 0 amide bonds. The van der Waals surface area contributed by atoms with Crippen molar-refractivity contribution in [2.45, 2.75) is 0 Å². The van der Waals surface area contributed by atoms with Gasteiger partial charge in [-0.25, -0.2) is 0 Å². The molecule has 2 aromatic heterocycles. The Bertz CT molecular complexity index is 2720. The van der Waals surface area contributed by atoms with Crippen LogP contribution in [0.3, 0.4) is 0 Å². The molecular formula is C42H25BN2S. The molecule has 0 spiro atoms. The van der Waals surface area contributed by atoms with Crippen LogP contribution in [0.5, 0.6) is 0 Å². The van der Waals surface area contributed by atoms with E-state index >= 15 is 0 Å². The van der Waals surface area contributed by atoms with E-state index in [0.717, 1.165) is 0 Å². The van der Waals surface area contributed by atoms with Gasteiger partial charge in [0, 0.05) is 54.4 Å². The molecule has 2 aliphatic heterocycles. The third kappa shape index (κ3) is 3.02. The zero-order valence-electron chi connectivity index (χ0n) is 24.8. The van der Waals surface area contributed by atoms with Crippen molar-refractivity contribution >= 4 is 82.5 Å². The maximum absolute atomic E-state index is 2.69. The number of anilines is 2. The van der Waals surface area contributed by atoms with Crippen molar-refractivity contribution < 1.29 is 0 Å². The molecule has 212 valence electrons. The highest BCUT2D eigenvalue weighted by molar-refractivity contribution is 7.27. The van der Waals surface area contributed by atoms with Crippen molar-refractivity contribution in [3.05, 3.63) is 152 Å². The molecule has 0 atom stereocenters. The van der Waals surface area contributed by atoms with Gasteiger partial charge < -0.3 is 9.38 Å². The number of fused-ring (bicyclic) bond motifs is 20. The molecule has 0 aliphatic carbocycles. The lowest BCUT2D eigenvalue weighted by Gasteiger charge is -2.44. The van der Waals surface area contributed by atoms with E-state index in [1.807, 2.05) is 11.3 Å². The number of nitrogens with zero attached hydrogens (tertiary/aromatic N) is 2. The number of thiophene rings is 1. The van der Waals surface area contributed by atoms with Gasteiger partial charge in [0.05, 0.1) is 15.7 Å². The summed E-state index contributed by atoms with van der Waals surface area (Å²) in [6.07, 6.45) is 0. The van der Waals surface area contributed by atoms with Crippen molar-refractivity contribution in [3.63, 3.8) is 0 Å². The molecular weight excluding hydrogens is 575 g/mol. The van der Waals surface area contributed by atoms with Gasteiger partial charge >= 0.3 is 6.85 Å². The van der Waals surface area contributed by atoms with E-state index in [1.165, 1.54) is 92.2 Å². The monoisotopic (exact) mass is 600 g/mol. The second kappa shape index (κ2) is 9.00. The van der Waals surface area contributed by atoms with Crippen LogP contribution >= 0.6 is 11.3 Å². The summed E-state index contributed by atoms with van der Waals surface area (Å²) in [5.74, 6) is 0. The molecule has 2 nitrogen and oxygen atoms in total. The maximum atomic E-state index is 2.69. The van der Waals surface area contributed by atoms with Crippen LogP contribution in [0.25, 0.3) is 69.9 Å². The number of hydrogen-bond acceptors (Lipinski definition) is 2. The van der Waals surface area contributed by atoms with E-state index in [9.17, 15) is 0 Å². The summed E-state index contributed by atoms with van der Waals surface area (Å²) in [7, 11) is 0. The van der Waals surface area contributed by atoms with Gasteiger partial charge in [0.2, 0.25) is 0 Å². The van der Waals surface area contributed by atoms with Crippen LogP contribution in [0, 0.1) is 0 Å². The third-order valence-corrected chi connectivity index (χ3v) is 11.3. The molecule has 4 heterocycles. The Balaban J connectivity index is 1.45. The second-order valence-corrected chi connectivity index (χ2v) is 13.5. The highest BCUT2D eigenvalue weighted by Gasteiger charge is 2.44. The van der Waals surface area contributed by atoms with E-state index in [-0.39, 0.29) is 6.85 Å². The number of benzene rings is 7. The Morgan fingerprint density at radius 3 is 1.98 bits per heavy atom. The molecule has 0 N–H and O–H groups in total. The van der Waals surface area contributed by atoms with E-state index < -0.39 is 0 Å². The fourth-order valence-electron chi connectivity index (χ4n) is 8.44. The highest BCUT2D eigenvalue weighted by Crippen LogP contribution is 2.57. The zero-order valence-corrected chi connectivity index (χ0v) is 25.6. The lowest BCUT2D eigenvalue weighted by Crippen LogP contribution is -2.59. The number of aromatic nitrogens is 1. The van der Waals surface area contributed by atoms with Gasteiger partial charge in [-0.3, -0.25) is 0 Å². The smallest absolute Gasteiger partial charge is 0.329 e. The summed E-state index contributed by atoms with van der Waals surface area (Å²) >= 11 is 1.93. The normalized spacial score (nSPS) is 13.1. The molecule has 0 saturated carbocycles. The van der Waals surface area contributed by atoms with Crippen LogP contribution in [0.2, 0.25) is 0 Å². The highest BCUT2D eigenvalue weighted by atomic mass is 32.1. The summed E-state index contributed by atoms with van der Waals surface area (Å²) in [6.45, 7) is 0.0548. The summed E-state index contributed by atoms with van der Waals surface area (Å²) in [6, 6.07) is 56.1. The van der Waals surface area contributed by atoms with Crippen LogP contribution in [0.4, 0.5) is 11.4 Å². The van der Waals surface area contributed by atoms with E-state index in [4.69, 9.17) is 0 Å². The molecule has 9 aromatic rings. The topological polar surface area (TPSA) is 8.17 Å². The van der Waals surface area contributed by atoms with Crippen LogP contribution in [-0.4, -0.2) is 11.4 Å². The minimum absolute atomic E-state index is 0.0548. The minimum Gasteiger partial charge on any atom is -0.375 e. The van der Waals surface area contributed by atoms with Gasteiger partial charge in [0.15, 0.2) is 0 Å². The quantitative estimate of drug-likeness (QED) is 0.170. The minimum atomic E-state index is 0.0548. The van der Waals surface area contributed by atoms with Crippen molar-refractivity contribution in [1.82, 2.24) is 4.57 Å². The second-order valence-electron chi connectivity index (χ2n) is 12.4. The fourth-order valence-corrected chi connectivity index (χ4v) is 9.69. The molecule has 0 saturated heterocycles. The van der Waals surface area contributed by atoms with Gasteiger partial charge in [-0.15, -0.1) is 11.3 Å². The summed E-state index contributed by atoms with van der Waals surface area (Å²) in [5, 5.41) is 5.28. The third-order valence-electron chi connectivity index (χ3n) is 10.2. The molecule has 46 heavy (non-hydrogen) atoms. The van der Waals surface area contributed by atoms with Crippen LogP contribution in [0.15, 0.2) is 152 Å². The average molecular weight is 601 g/mol. The maximum Gasteiger partial charge on any atom is 0.329 e. The fraction of sp³-hybridized carbons (Fsp3) is 0. The first-order chi connectivity index (χ1) is 22.9. The van der Waals surface area contributed by atoms with E-state index in [1.54, 1.807) is 0 Å². The zero-order chi connectivity index (χ0) is 29.9. The largest absolute Gasteiger partial charge is 0.375 e. The first-order valence-electron chi connectivity index (χ1n) is 15.9. The number of rotatable bonds is 1. The average Bonchev–Trinajstić information content (AvgIpc) is 3.68. The van der Waals surface area contributed by atoms with Crippen molar-refractivity contribution in [2.24, 2.45) is 0 Å². The first-order valence-corrected chi connectivity index (χ1v) is 16.7. The standard InChI is InChI=1S/C42H25BN2S/c1-2-14-26(15-3-1)44-34-23-11-7-19-30(34)39-40-37(38-31-20-8-13-25-36(31)46-42(38)41(39)44)29-18-5-10-22-33(29)43-32-21-9-4-16-27(32)28-17-6-12-24-35(28)45(40)43/h1-25H. The predicted molar refractivity (Wildman–Crippen MR) is 198 cm³/mol. The van der Waals surface area contributed by atoms with E-state index in [0.29, 0.717) is 0 Å². The lowest BCUT2D eigenvalue weighted by molar-refractivity contribution is 1.19. The van der Waals surface area contributed by atoms with Gasteiger partial charge in [0.25, 0.3) is 0 Å². The molecule has 0 radical (unpaired) electrons. The van der Waals surface area contributed by atoms with Crippen molar-refractivity contribution in [1.29, 1.82) is 0 Å². The van der Waals surface area contributed by atoms with Crippen LogP contribution in [0.1, 0.15) is 0 Å². The first kappa shape index (κ1) is 24.7. The molecule has 0 unspecified atom stereocenters.